The average Bonchev–Trinajstić information content (AvgIpc) is 3.91. The highest BCUT2D eigenvalue weighted by molar-refractivity contribution is 7.25. The van der Waals surface area contributed by atoms with Gasteiger partial charge in [0, 0.05) is 59.7 Å². The minimum atomic E-state index is 0.899. The van der Waals surface area contributed by atoms with E-state index in [4.69, 9.17) is 14.4 Å². The largest absolute Gasteiger partial charge is 0.456 e. The van der Waals surface area contributed by atoms with Gasteiger partial charge < -0.3 is 4.42 Å². The molecule has 0 bridgehead atoms. The van der Waals surface area contributed by atoms with Gasteiger partial charge in [-0.1, -0.05) is 91.0 Å². The first-order chi connectivity index (χ1) is 26.2. The predicted octanol–water partition coefficient (Wildman–Crippen LogP) is 13.5. The molecule has 0 saturated carbocycles. The molecule has 0 atom stereocenters. The van der Waals surface area contributed by atoms with Gasteiger partial charge in [-0.3, -0.25) is 9.38 Å². The van der Waals surface area contributed by atoms with Crippen molar-refractivity contribution in [2.24, 2.45) is 0 Å². The van der Waals surface area contributed by atoms with E-state index in [1.807, 2.05) is 29.7 Å². The molecule has 0 unspecified atom stereocenters. The molecule has 5 aromatic heterocycles. The topological polar surface area (TPSA) is 43.3 Å². The Hall–Kier alpha value is -6.82. The van der Waals surface area contributed by atoms with E-state index in [0.717, 1.165) is 72.0 Å². The molecule has 7 aromatic carbocycles. The molecular formula is C48H27N3OS. The molecule has 0 aliphatic heterocycles. The zero-order valence-corrected chi connectivity index (χ0v) is 29.1. The molecule has 0 N–H and O–H groups in total. The number of para-hydroxylation sites is 1. The summed E-state index contributed by atoms with van der Waals surface area (Å²) in [6, 6.07) is 54.2. The Balaban J connectivity index is 0.995. The van der Waals surface area contributed by atoms with Crippen LogP contribution in [0.2, 0.25) is 0 Å². The number of fused-ring (bicyclic) bond motifs is 14. The van der Waals surface area contributed by atoms with Gasteiger partial charge in [0.2, 0.25) is 0 Å². The van der Waals surface area contributed by atoms with Crippen molar-refractivity contribution >= 4 is 91.7 Å². The van der Waals surface area contributed by atoms with Crippen LogP contribution in [0, 0.1) is 0 Å². The Bertz CT molecular complexity index is 3480. The zero-order valence-electron chi connectivity index (χ0n) is 28.2. The van der Waals surface area contributed by atoms with Gasteiger partial charge in [0.05, 0.1) is 16.7 Å². The predicted molar refractivity (Wildman–Crippen MR) is 222 cm³/mol. The van der Waals surface area contributed by atoms with E-state index in [2.05, 4.69) is 150 Å². The summed E-state index contributed by atoms with van der Waals surface area (Å²) in [5, 5.41) is 9.56. The van der Waals surface area contributed by atoms with Gasteiger partial charge in [0.25, 0.3) is 0 Å². The molecule has 0 saturated heterocycles. The van der Waals surface area contributed by atoms with Gasteiger partial charge in [0.1, 0.15) is 16.8 Å². The van der Waals surface area contributed by atoms with E-state index >= 15 is 0 Å². The van der Waals surface area contributed by atoms with Crippen LogP contribution in [0.15, 0.2) is 168 Å². The van der Waals surface area contributed by atoms with Crippen LogP contribution in [0.3, 0.4) is 0 Å². The second-order valence-corrected chi connectivity index (χ2v) is 14.9. The van der Waals surface area contributed by atoms with E-state index < -0.39 is 0 Å². The molecule has 5 heterocycles. The number of imidazole rings is 1. The standard InChI is InChI=1S/C48H27N3OS/c1-2-10-37-33(7-1)39-24-32(41-25-30(19-21-49-41)29-13-16-36-35-9-4-6-12-44(35)53-45(36)26-29)14-17-38(39)48-47(37)50-46-27-31(20-22-51(46)48)28-15-18-43-40(23-28)34-8-3-5-11-42(34)52-43/h1-27H. The van der Waals surface area contributed by atoms with E-state index in [1.165, 1.54) is 41.9 Å². The summed E-state index contributed by atoms with van der Waals surface area (Å²) in [7, 11) is 0. The molecule has 12 aromatic rings. The minimum Gasteiger partial charge on any atom is -0.456 e. The van der Waals surface area contributed by atoms with E-state index in [9.17, 15) is 0 Å². The van der Waals surface area contributed by atoms with Gasteiger partial charge in [0.15, 0.2) is 0 Å². The first-order valence-electron chi connectivity index (χ1n) is 17.8. The molecule has 5 heteroatoms. The molecule has 0 fully saturated rings. The number of hydrogen-bond acceptors (Lipinski definition) is 4. The minimum absolute atomic E-state index is 0.899. The van der Waals surface area contributed by atoms with Crippen molar-refractivity contribution < 1.29 is 4.42 Å². The highest BCUT2D eigenvalue weighted by atomic mass is 32.1. The summed E-state index contributed by atoms with van der Waals surface area (Å²) in [6.45, 7) is 0. The van der Waals surface area contributed by atoms with Crippen LogP contribution in [0.4, 0.5) is 0 Å². The number of rotatable bonds is 3. The monoisotopic (exact) mass is 693 g/mol. The lowest BCUT2D eigenvalue weighted by molar-refractivity contribution is 0.669. The van der Waals surface area contributed by atoms with Crippen molar-refractivity contribution in [2.75, 3.05) is 0 Å². The Morgan fingerprint density at radius 2 is 1.13 bits per heavy atom. The molecule has 0 amide bonds. The Labute approximate surface area is 306 Å². The molecule has 12 rings (SSSR count). The summed E-state index contributed by atoms with van der Waals surface area (Å²) in [6.07, 6.45) is 4.10. The van der Waals surface area contributed by atoms with E-state index in [1.54, 1.807) is 0 Å². The fourth-order valence-corrected chi connectivity index (χ4v) is 9.45. The highest BCUT2D eigenvalue weighted by Gasteiger charge is 2.17. The lowest BCUT2D eigenvalue weighted by Gasteiger charge is -2.11. The molecule has 0 spiro atoms. The summed E-state index contributed by atoms with van der Waals surface area (Å²) in [5.41, 5.74) is 11.5. The van der Waals surface area contributed by atoms with Gasteiger partial charge in [-0.25, -0.2) is 4.98 Å². The number of pyridine rings is 2. The molecule has 53 heavy (non-hydrogen) atoms. The number of furan rings is 1. The van der Waals surface area contributed by atoms with Gasteiger partial charge in [-0.15, -0.1) is 11.3 Å². The van der Waals surface area contributed by atoms with Crippen molar-refractivity contribution in [3.05, 3.63) is 164 Å². The molecular weight excluding hydrogens is 667 g/mol. The fraction of sp³-hybridized carbons (Fsp3) is 0. The normalized spacial score (nSPS) is 12.2. The van der Waals surface area contributed by atoms with Crippen LogP contribution in [-0.4, -0.2) is 14.4 Å². The van der Waals surface area contributed by atoms with Crippen LogP contribution in [0.25, 0.3) is 114 Å². The van der Waals surface area contributed by atoms with Crippen LogP contribution in [-0.2, 0) is 0 Å². The van der Waals surface area contributed by atoms with Crippen molar-refractivity contribution in [2.45, 2.75) is 0 Å². The maximum absolute atomic E-state index is 6.10. The van der Waals surface area contributed by atoms with Crippen LogP contribution < -0.4 is 0 Å². The molecule has 0 aliphatic rings. The maximum Gasteiger partial charge on any atom is 0.138 e. The van der Waals surface area contributed by atoms with Gasteiger partial charge >= 0.3 is 0 Å². The summed E-state index contributed by atoms with van der Waals surface area (Å²) < 4.78 is 11.0. The van der Waals surface area contributed by atoms with Gasteiger partial charge in [-0.05, 0) is 93.7 Å². The zero-order chi connectivity index (χ0) is 34.6. The number of hydrogen-bond donors (Lipinski definition) is 0. The SMILES string of the molecule is c1ccc2c(c1)oc1ccc(-c3ccn4c(c3)nc3c5ccccc5c5cc(-c6cc(-c7ccc8c(c7)sc7ccccc78)ccn6)ccc5c34)cc12. The molecule has 0 aliphatic carbocycles. The number of nitrogens with zero attached hydrogens (tertiary/aromatic N) is 3. The lowest BCUT2D eigenvalue weighted by atomic mass is 9.96. The average molecular weight is 694 g/mol. The fourth-order valence-electron chi connectivity index (χ4n) is 8.31. The maximum atomic E-state index is 6.10. The highest BCUT2D eigenvalue weighted by Crippen LogP contribution is 2.40. The Morgan fingerprint density at radius 1 is 0.453 bits per heavy atom. The first kappa shape index (κ1) is 28.8. The summed E-state index contributed by atoms with van der Waals surface area (Å²) in [5.74, 6) is 0. The lowest BCUT2D eigenvalue weighted by Crippen LogP contribution is -1.90. The Morgan fingerprint density at radius 3 is 2.08 bits per heavy atom. The quantitative estimate of drug-likeness (QED) is 0.173. The molecule has 0 radical (unpaired) electrons. The van der Waals surface area contributed by atoms with E-state index in [-0.39, 0.29) is 0 Å². The van der Waals surface area contributed by atoms with Crippen molar-refractivity contribution in [1.82, 2.24) is 14.4 Å². The third-order valence-corrected chi connectivity index (χ3v) is 12.0. The van der Waals surface area contributed by atoms with Crippen molar-refractivity contribution in [3.8, 4) is 33.5 Å². The van der Waals surface area contributed by atoms with Crippen LogP contribution >= 0.6 is 11.3 Å². The number of benzene rings is 7. The number of aromatic nitrogens is 3. The van der Waals surface area contributed by atoms with Crippen LogP contribution in [0.5, 0.6) is 0 Å². The van der Waals surface area contributed by atoms with Gasteiger partial charge in [-0.2, -0.15) is 0 Å². The van der Waals surface area contributed by atoms with E-state index in [0.29, 0.717) is 0 Å². The van der Waals surface area contributed by atoms with Crippen molar-refractivity contribution in [3.63, 3.8) is 0 Å². The van der Waals surface area contributed by atoms with Crippen LogP contribution in [0.1, 0.15) is 0 Å². The number of thiophene rings is 1. The third kappa shape index (κ3) is 4.29. The Kier molecular flexibility index (Phi) is 5.90. The first-order valence-corrected chi connectivity index (χ1v) is 18.6. The van der Waals surface area contributed by atoms with Crippen molar-refractivity contribution in [1.29, 1.82) is 0 Å². The smallest absolute Gasteiger partial charge is 0.138 e. The second-order valence-electron chi connectivity index (χ2n) is 13.8. The third-order valence-electron chi connectivity index (χ3n) is 10.9. The summed E-state index contributed by atoms with van der Waals surface area (Å²) >= 11 is 1.85. The second kappa shape index (κ2) is 10.8. The summed E-state index contributed by atoms with van der Waals surface area (Å²) in [4.78, 5) is 10.1. The molecule has 246 valence electrons. The molecule has 4 nitrogen and oxygen atoms in total.